The molecule has 19 heavy (non-hydrogen) atoms. The molecule has 1 fully saturated rings. The molecule has 0 spiro atoms. The number of rotatable bonds is 5. The number of hydrogen-bond acceptors (Lipinski definition) is 3. The van der Waals surface area contributed by atoms with Crippen molar-refractivity contribution in [2.45, 2.75) is 17.7 Å². The molecule has 0 radical (unpaired) electrons. The molecule has 1 aliphatic rings. The first-order chi connectivity index (χ1) is 8.99. The Morgan fingerprint density at radius 3 is 2.89 bits per heavy atom. The van der Waals surface area contributed by atoms with Crippen LogP contribution in [0.4, 0.5) is 4.39 Å². The maximum absolute atomic E-state index is 12.9. The summed E-state index contributed by atoms with van der Waals surface area (Å²) in [5.74, 6) is -0.0487. The van der Waals surface area contributed by atoms with E-state index in [4.69, 9.17) is 11.6 Å². The van der Waals surface area contributed by atoms with Crippen LogP contribution in [0.2, 0.25) is 5.02 Å². The van der Waals surface area contributed by atoms with Gasteiger partial charge in [0.2, 0.25) is 10.0 Å². The molecule has 1 atom stereocenters. The molecule has 0 amide bonds. The van der Waals surface area contributed by atoms with Crippen molar-refractivity contribution in [3.05, 3.63) is 29.0 Å². The van der Waals surface area contributed by atoms with Crippen LogP contribution < -0.4 is 10.0 Å². The van der Waals surface area contributed by atoms with E-state index < -0.39 is 15.8 Å². The molecular formula is C12H16ClFN2O2S. The molecule has 4 nitrogen and oxygen atoms in total. The molecule has 106 valence electrons. The summed E-state index contributed by atoms with van der Waals surface area (Å²) in [4.78, 5) is -0.0832. The van der Waals surface area contributed by atoms with E-state index in [1.807, 2.05) is 0 Å². The van der Waals surface area contributed by atoms with Crippen molar-refractivity contribution < 1.29 is 12.8 Å². The molecule has 7 heteroatoms. The van der Waals surface area contributed by atoms with E-state index in [1.165, 1.54) is 6.07 Å². The standard InChI is InChI=1S/C12H16ClFN2O2S/c13-11-7-10(14)1-2-12(11)19(17,18)16-6-4-9-3-5-15-8-9/h1-2,7,9,15-16H,3-6,8H2. The lowest BCUT2D eigenvalue weighted by Gasteiger charge is -2.11. The lowest BCUT2D eigenvalue weighted by Crippen LogP contribution is -2.27. The van der Waals surface area contributed by atoms with E-state index in [0.717, 1.165) is 38.1 Å². The van der Waals surface area contributed by atoms with Crippen molar-refractivity contribution in [1.82, 2.24) is 10.0 Å². The Morgan fingerprint density at radius 1 is 1.47 bits per heavy atom. The van der Waals surface area contributed by atoms with Crippen molar-refractivity contribution in [1.29, 1.82) is 0 Å². The fraction of sp³-hybridized carbons (Fsp3) is 0.500. The van der Waals surface area contributed by atoms with Gasteiger partial charge in [-0.2, -0.15) is 0 Å². The van der Waals surface area contributed by atoms with Gasteiger partial charge in [0.25, 0.3) is 0 Å². The highest BCUT2D eigenvalue weighted by atomic mass is 35.5. The predicted octanol–water partition coefficient (Wildman–Crippen LogP) is 1.76. The Hall–Kier alpha value is -0.690. The third-order valence-corrected chi connectivity index (χ3v) is 5.13. The van der Waals surface area contributed by atoms with Gasteiger partial charge in [-0.05, 0) is 50.0 Å². The molecule has 0 saturated carbocycles. The van der Waals surface area contributed by atoms with E-state index in [2.05, 4.69) is 10.0 Å². The quantitative estimate of drug-likeness (QED) is 0.871. The summed E-state index contributed by atoms with van der Waals surface area (Å²) in [5, 5.41) is 3.13. The van der Waals surface area contributed by atoms with E-state index in [1.54, 1.807) is 0 Å². The maximum Gasteiger partial charge on any atom is 0.242 e. The van der Waals surface area contributed by atoms with Crippen LogP contribution in [-0.4, -0.2) is 28.1 Å². The summed E-state index contributed by atoms with van der Waals surface area (Å²) in [6.45, 7) is 2.28. The van der Waals surface area contributed by atoms with Gasteiger partial charge in [0.05, 0.1) is 5.02 Å². The second kappa shape index (κ2) is 6.17. The van der Waals surface area contributed by atoms with Crippen LogP contribution >= 0.6 is 11.6 Å². The molecule has 2 rings (SSSR count). The lowest BCUT2D eigenvalue weighted by molar-refractivity contribution is 0.519. The zero-order chi connectivity index (χ0) is 13.9. The Bertz CT molecular complexity index is 545. The first-order valence-corrected chi connectivity index (χ1v) is 8.00. The number of halogens is 2. The molecule has 0 aliphatic carbocycles. The number of sulfonamides is 1. The molecule has 1 unspecified atom stereocenters. The Balaban J connectivity index is 1.97. The van der Waals surface area contributed by atoms with Crippen LogP contribution in [-0.2, 0) is 10.0 Å². The van der Waals surface area contributed by atoms with Gasteiger partial charge in [-0.1, -0.05) is 11.6 Å². The Morgan fingerprint density at radius 2 is 2.26 bits per heavy atom. The van der Waals surface area contributed by atoms with E-state index >= 15 is 0 Å². The minimum Gasteiger partial charge on any atom is -0.316 e. The summed E-state index contributed by atoms with van der Waals surface area (Å²) in [6, 6.07) is 3.26. The number of benzene rings is 1. The fourth-order valence-electron chi connectivity index (χ4n) is 2.13. The van der Waals surface area contributed by atoms with Crippen LogP contribution in [0.15, 0.2) is 23.1 Å². The Kier molecular flexibility index (Phi) is 4.78. The smallest absolute Gasteiger partial charge is 0.242 e. The van der Waals surface area contributed by atoms with Gasteiger partial charge >= 0.3 is 0 Å². The predicted molar refractivity (Wildman–Crippen MR) is 72.2 cm³/mol. The topological polar surface area (TPSA) is 58.2 Å². The summed E-state index contributed by atoms with van der Waals surface area (Å²) < 4.78 is 39.4. The van der Waals surface area contributed by atoms with Gasteiger partial charge in [0.15, 0.2) is 0 Å². The Labute approximate surface area is 117 Å². The highest BCUT2D eigenvalue weighted by molar-refractivity contribution is 7.89. The van der Waals surface area contributed by atoms with Crippen molar-refractivity contribution in [2.75, 3.05) is 19.6 Å². The van der Waals surface area contributed by atoms with Crippen molar-refractivity contribution >= 4 is 21.6 Å². The molecule has 1 aromatic carbocycles. The molecule has 1 heterocycles. The van der Waals surface area contributed by atoms with Gasteiger partial charge in [-0.15, -0.1) is 0 Å². The zero-order valence-corrected chi connectivity index (χ0v) is 11.9. The summed E-state index contributed by atoms with van der Waals surface area (Å²) in [7, 11) is -3.67. The lowest BCUT2D eigenvalue weighted by atomic mass is 10.1. The third-order valence-electron chi connectivity index (χ3n) is 3.19. The van der Waals surface area contributed by atoms with Crippen LogP contribution in [0.3, 0.4) is 0 Å². The van der Waals surface area contributed by atoms with Gasteiger partial charge in [-0.25, -0.2) is 17.5 Å². The molecule has 0 aromatic heterocycles. The van der Waals surface area contributed by atoms with Gasteiger partial charge in [0, 0.05) is 6.54 Å². The van der Waals surface area contributed by atoms with E-state index in [0.29, 0.717) is 12.5 Å². The number of hydrogen-bond donors (Lipinski definition) is 2. The average Bonchev–Trinajstić information content (AvgIpc) is 2.81. The largest absolute Gasteiger partial charge is 0.316 e. The van der Waals surface area contributed by atoms with Crippen molar-refractivity contribution in [2.24, 2.45) is 5.92 Å². The van der Waals surface area contributed by atoms with Gasteiger partial charge in [-0.3, -0.25) is 0 Å². The van der Waals surface area contributed by atoms with E-state index in [-0.39, 0.29) is 9.92 Å². The second-order valence-electron chi connectivity index (χ2n) is 4.62. The summed E-state index contributed by atoms with van der Waals surface area (Å²) in [6.07, 6.45) is 1.85. The average molecular weight is 307 g/mol. The van der Waals surface area contributed by atoms with Crippen LogP contribution in [0, 0.1) is 11.7 Å². The first kappa shape index (κ1) is 14.7. The normalized spacial score (nSPS) is 19.8. The highest BCUT2D eigenvalue weighted by Crippen LogP contribution is 2.22. The summed E-state index contributed by atoms with van der Waals surface area (Å²) >= 11 is 5.75. The van der Waals surface area contributed by atoms with Crippen molar-refractivity contribution in [3.8, 4) is 0 Å². The minimum absolute atomic E-state index is 0.0832. The minimum atomic E-state index is -3.67. The third kappa shape index (κ3) is 3.89. The molecule has 1 aliphatic heterocycles. The van der Waals surface area contributed by atoms with Gasteiger partial charge in [0.1, 0.15) is 10.7 Å². The monoisotopic (exact) mass is 306 g/mol. The molecule has 1 saturated heterocycles. The van der Waals surface area contributed by atoms with Crippen LogP contribution in [0.1, 0.15) is 12.8 Å². The first-order valence-electron chi connectivity index (χ1n) is 6.14. The van der Waals surface area contributed by atoms with Crippen LogP contribution in [0.25, 0.3) is 0 Å². The fourth-order valence-corrected chi connectivity index (χ4v) is 3.71. The van der Waals surface area contributed by atoms with E-state index in [9.17, 15) is 12.8 Å². The van der Waals surface area contributed by atoms with Crippen LogP contribution in [0.5, 0.6) is 0 Å². The molecule has 2 N–H and O–H groups in total. The van der Waals surface area contributed by atoms with Crippen molar-refractivity contribution in [3.63, 3.8) is 0 Å². The second-order valence-corrected chi connectivity index (χ2v) is 6.76. The maximum atomic E-state index is 12.9. The molecule has 0 bridgehead atoms. The molecular weight excluding hydrogens is 291 g/mol. The SMILES string of the molecule is O=S(=O)(NCCC1CCNC1)c1ccc(F)cc1Cl. The molecule has 1 aromatic rings. The zero-order valence-electron chi connectivity index (χ0n) is 10.3. The van der Waals surface area contributed by atoms with Gasteiger partial charge < -0.3 is 5.32 Å². The highest BCUT2D eigenvalue weighted by Gasteiger charge is 2.19. The number of nitrogens with one attached hydrogen (secondary N) is 2. The summed E-state index contributed by atoms with van der Waals surface area (Å²) in [5.41, 5.74) is 0.